The molecule has 1 saturated heterocycles. The molecule has 1 radical (unpaired) electrons. The van der Waals surface area contributed by atoms with Crippen LogP contribution in [-0.4, -0.2) is 17.5 Å². The van der Waals surface area contributed by atoms with Crippen LogP contribution in [0.2, 0.25) is 5.02 Å². The van der Waals surface area contributed by atoms with Gasteiger partial charge < -0.3 is 9.30 Å². The van der Waals surface area contributed by atoms with E-state index in [0.717, 1.165) is 12.7 Å². The largest absolute Gasteiger partial charge is 0.358 e. The molecule has 0 spiro atoms. The van der Waals surface area contributed by atoms with E-state index in [0.29, 0.717) is 23.2 Å². The molecule has 1 aromatic heterocycles. The fourth-order valence-electron chi connectivity index (χ4n) is 2.31. The molecule has 0 aliphatic carbocycles. The molecule has 2 heterocycles. The van der Waals surface area contributed by atoms with Gasteiger partial charge in [-0.25, -0.2) is 4.39 Å². The quantitative estimate of drug-likeness (QED) is 0.781. The van der Waals surface area contributed by atoms with Gasteiger partial charge in [0.2, 0.25) is 0 Å². The average Bonchev–Trinajstić information content (AvgIpc) is 3.00. The van der Waals surface area contributed by atoms with Crippen LogP contribution >= 0.6 is 11.6 Å². The molecule has 2 aromatic rings. The number of hydrogen-bond donors (Lipinski definition) is 0. The highest BCUT2D eigenvalue weighted by molar-refractivity contribution is 6.35. The van der Waals surface area contributed by atoms with Crippen molar-refractivity contribution in [3.63, 3.8) is 0 Å². The lowest BCUT2D eigenvalue weighted by Crippen LogP contribution is -2.09. The normalized spacial score (nSPS) is 19.6. The number of carbonyl (C=O) groups excluding carboxylic acids is 1. The van der Waals surface area contributed by atoms with Crippen LogP contribution in [0, 0.1) is 12.2 Å². The van der Waals surface area contributed by atoms with Crippen molar-refractivity contribution in [1.82, 2.24) is 4.57 Å². The molecule has 18 heavy (non-hydrogen) atoms. The number of nitrogens with zero attached hydrogens (tertiary/aromatic N) is 1. The van der Waals surface area contributed by atoms with Gasteiger partial charge in [0.15, 0.2) is 6.29 Å². The lowest BCUT2D eigenvalue weighted by molar-refractivity contribution is 0.0591. The van der Waals surface area contributed by atoms with Gasteiger partial charge in [0.25, 0.3) is 0 Å². The fourth-order valence-corrected chi connectivity index (χ4v) is 2.52. The highest BCUT2D eigenvalue weighted by Gasteiger charge is 2.23. The topological polar surface area (TPSA) is 31.2 Å². The Morgan fingerprint density at radius 2 is 2.33 bits per heavy atom. The third kappa shape index (κ3) is 1.64. The number of aromatic nitrogens is 1. The first-order valence-corrected chi connectivity index (χ1v) is 5.97. The van der Waals surface area contributed by atoms with Crippen molar-refractivity contribution >= 4 is 28.8 Å². The van der Waals surface area contributed by atoms with E-state index in [9.17, 15) is 9.18 Å². The van der Waals surface area contributed by atoms with Gasteiger partial charge in [0.1, 0.15) is 12.0 Å². The van der Waals surface area contributed by atoms with Gasteiger partial charge in [0, 0.05) is 5.39 Å². The number of benzene rings is 1. The van der Waals surface area contributed by atoms with Gasteiger partial charge in [-0.15, -0.1) is 0 Å². The molecule has 0 N–H and O–H groups in total. The zero-order valence-corrected chi connectivity index (χ0v) is 10.2. The second-order valence-corrected chi connectivity index (χ2v) is 4.54. The monoisotopic (exact) mass is 266 g/mol. The van der Waals surface area contributed by atoms with E-state index in [-0.39, 0.29) is 11.3 Å². The Morgan fingerprint density at radius 1 is 1.50 bits per heavy atom. The summed E-state index contributed by atoms with van der Waals surface area (Å²) in [7, 11) is 0. The minimum atomic E-state index is -0.488. The Balaban J connectivity index is 2.28. The molecular weight excluding hydrogens is 257 g/mol. The first-order valence-electron chi connectivity index (χ1n) is 5.59. The summed E-state index contributed by atoms with van der Waals surface area (Å²) in [6.07, 6.45) is 3.23. The van der Waals surface area contributed by atoms with Gasteiger partial charge in [-0.1, -0.05) is 11.6 Å². The van der Waals surface area contributed by atoms with Crippen LogP contribution in [0.3, 0.4) is 0 Å². The lowest BCUT2D eigenvalue weighted by atomic mass is 10.2. The molecule has 1 aliphatic rings. The van der Waals surface area contributed by atoms with Gasteiger partial charge in [-0.2, -0.15) is 0 Å². The molecule has 0 amide bonds. The number of fused-ring (bicyclic) bond motifs is 1. The molecule has 1 atom stereocenters. The van der Waals surface area contributed by atoms with Crippen LogP contribution < -0.4 is 0 Å². The van der Waals surface area contributed by atoms with Crippen molar-refractivity contribution < 1.29 is 13.9 Å². The van der Waals surface area contributed by atoms with E-state index in [4.69, 9.17) is 16.3 Å². The molecule has 1 aliphatic heterocycles. The van der Waals surface area contributed by atoms with Crippen LogP contribution in [0.25, 0.3) is 10.9 Å². The first kappa shape index (κ1) is 11.7. The molecule has 0 saturated carbocycles. The van der Waals surface area contributed by atoms with Crippen molar-refractivity contribution in [1.29, 1.82) is 0 Å². The number of rotatable bonds is 2. The standard InChI is InChI=1S/C13H10ClFNO2/c14-13-9-6-8(7-17)16(12-2-1-5-18-12)11(9)4-3-10(13)15/h1,3-4,6-7,12H,2,5H2. The Hall–Kier alpha value is -1.39. The number of aldehydes is 1. The van der Waals surface area contributed by atoms with Gasteiger partial charge in [0.05, 0.1) is 22.8 Å². The SMILES string of the molecule is O=Cc1cc2c(Cl)c(F)ccc2n1C1C[CH]CO1. The molecule has 1 aromatic carbocycles. The summed E-state index contributed by atoms with van der Waals surface area (Å²) < 4.78 is 20.7. The first-order chi connectivity index (χ1) is 8.72. The summed E-state index contributed by atoms with van der Waals surface area (Å²) in [5.74, 6) is -0.488. The highest BCUT2D eigenvalue weighted by Crippen LogP contribution is 2.34. The lowest BCUT2D eigenvalue weighted by Gasteiger charge is -2.15. The van der Waals surface area contributed by atoms with Crippen molar-refractivity contribution in [2.45, 2.75) is 12.6 Å². The second kappa shape index (κ2) is 4.37. The third-order valence-corrected chi connectivity index (χ3v) is 3.51. The summed E-state index contributed by atoms with van der Waals surface area (Å²) >= 11 is 5.92. The fraction of sp³-hybridized carbons (Fsp3) is 0.231. The number of hydrogen-bond acceptors (Lipinski definition) is 2. The smallest absolute Gasteiger partial charge is 0.166 e. The zero-order chi connectivity index (χ0) is 12.7. The summed E-state index contributed by atoms with van der Waals surface area (Å²) in [6, 6.07) is 4.51. The molecule has 0 bridgehead atoms. The van der Waals surface area contributed by atoms with Crippen LogP contribution in [0.5, 0.6) is 0 Å². The Labute approximate surface area is 108 Å². The highest BCUT2D eigenvalue weighted by atomic mass is 35.5. The van der Waals surface area contributed by atoms with E-state index in [1.165, 1.54) is 6.07 Å². The number of ether oxygens (including phenoxy) is 1. The van der Waals surface area contributed by atoms with E-state index >= 15 is 0 Å². The maximum absolute atomic E-state index is 13.4. The Morgan fingerprint density at radius 3 is 3.00 bits per heavy atom. The minimum absolute atomic E-state index is 0.0383. The predicted octanol–water partition coefficient (Wildman–Crippen LogP) is 3.37. The number of carbonyl (C=O) groups is 1. The van der Waals surface area contributed by atoms with E-state index < -0.39 is 5.82 Å². The molecule has 3 rings (SSSR count). The maximum atomic E-state index is 13.4. The van der Waals surface area contributed by atoms with Crippen molar-refractivity contribution in [2.75, 3.05) is 6.61 Å². The van der Waals surface area contributed by atoms with Gasteiger partial charge in [-0.05, 0) is 31.0 Å². The van der Waals surface area contributed by atoms with Crippen LogP contribution in [0.4, 0.5) is 4.39 Å². The van der Waals surface area contributed by atoms with Crippen molar-refractivity contribution in [2.24, 2.45) is 0 Å². The van der Waals surface area contributed by atoms with Crippen molar-refractivity contribution in [3.05, 3.63) is 41.2 Å². The Bertz CT molecular complexity index is 617. The molecule has 3 nitrogen and oxygen atoms in total. The van der Waals surface area contributed by atoms with Crippen LogP contribution in [0.15, 0.2) is 18.2 Å². The van der Waals surface area contributed by atoms with E-state index in [2.05, 4.69) is 0 Å². The summed E-state index contributed by atoms with van der Waals surface area (Å²) in [4.78, 5) is 11.1. The second-order valence-electron chi connectivity index (χ2n) is 4.16. The predicted molar refractivity (Wildman–Crippen MR) is 66.2 cm³/mol. The number of halogens is 2. The van der Waals surface area contributed by atoms with Crippen molar-refractivity contribution in [3.8, 4) is 0 Å². The third-order valence-electron chi connectivity index (χ3n) is 3.12. The molecule has 5 heteroatoms. The Kier molecular flexibility index (Phi) is 2.84. The maximum Gasteiger partial charge on any atom is 0.166 e. The molecule has 1 unspecified atom stereocenters. The van der Waals surface area contributed by atoms with E-state index in [1.54, 1.807) is 16.7 Å². The minimum Gasteiger partial charge on any atom is -0.358 e. The summed E-state index contributed by atoms with van der Waals surface area (Å²) in [5.41, 5.74) is 1.15. The van der Waals surface area contributed by atoms with E-state index in [1.807, 2.05) is 6.42 Å². The summed E-state index contributed by atoms with van der Waals surface area (Å²) in [5, 5.41) is 0.575. The van der Waals surface area contributed by atoms with Gasteiger partial charge >= 0.3 is 0 Å². The summed E-state index contributed by atoms with van der Waals surface area (Å²) in [6.45, 7) is 0.553. The van der Waals surface area contributed by atoms with Gasteiger partial charge in [-0.3, -0.25) is 4.79 Å². The molecular formula is C13H10ClFNO2. The van der Waals surface area contributed by atoms with Crippen LogP contribution in [-0.2, 0) is 4.74 Å². The molecule has 93 valence electrons. The van der Waals surface area contributed by atoms with Crippen LogP contribution in [0.1, 0.15) is 23.1 Å². The zero-order valence-electron chi connectivity index (χ0n) is 9.40. The molecule has 1 fully saturated rings. The average molecular weight is 267 g/mol.